The SMILES string of the molecule is CC(C)(C)NS(=O)(=O)OCC(COc1ccccc1)OS(=O)(=O)NC(C)(C)C. The molecule has 162 valence electrons. The molecule has 0 bridgehead atoms. The van der Waals surface area contributed by atoms with Crippen molar-refractivity contribution < 1.29 is 29.9 Å². The van der Waals surface area contributed by atoms with E-state index in [4.69, 9.17) is 13.1 Å². The minimum absolute atomic E-state index is 0.236. The molecule has 1 aromatic carbocycles. The van der Waals surface area contributed by atoms with Crippen molar-refractivity contribution in [2.24, 2.45) is 0 Å². The van der Waals surface area contributed by atoms with Crippen LogP contribution in [0.25, 0.3) is 0 Å². The van der Waals surface area contributed by atoms with Crippen molar-refractivity contribution in [3.8, 4) is 5.75 Å². The lowest BCUT2D eigenvalue weighted by Crippen LogP contribution is -2.45. The summed E-state index contributed by atoms with van der Waals surface area (Å²) in [6, 6.07) is 8.65. The second-order valence-electron chi connectivity index (χ2n) is 8.24. The molecule has 0 aliphatic heterocycles. The molecule has 0 fully saturated rings. The van der Waals surface area contributed by atoms with Crippen LogP contribution in [0.5, 0.6) is 5.75 Å². The topological polar surface area (TPSA) is 120 Å². The molecule has 1 atom stereocenters. The van der Waals surface area contributed by atoms with Crippen molar-refractivity contribution in [3.05, 3.63) is 30.3 Å². The second-order valence-corrected chi connectivity index (χ2v) is 10.9. The summed E-state index contributed by atoms with van der Waals surface area (Å²) in [6.45, 7) is 9.12. The van der Waals surface area contributed by atoms with Gasteiger partial charge < -0.3 is 4.74 Å². The third kappa shape index (κ3) is 11.6. The molecule has 0 aromatic heterocycles. The first kappa shape index (κ1) is 24.8. The van der Waals surface area contributed by atoms with Crippen LogP contribution in [-0.2, 0) is 29.0 Å². The van der Waals surface area contributed by atoms with Crippen LogP contribution in [0.1, 0.15) is 41.5 Å². The molecule has 0 radical (unpaired) electrons. The highest BCUT2D eigenvalue weighted by Gasteiger charge is 2.28. The Morgan fingerprint density at radius 1 is 0.821 bits per heavy atom. The van der Waals surface area contributed by atoms with Crippen LogP contribution in [0, 0.1) is 0 Å². The zero-order chi connectivity index (χ0) is 21.6. The number of ether oxygens (including phenoxy) is 1. The van der Waals surface area contributed by atoms with Gasteiger partial charge in [0.05, 0.1) is 6.61 Å². The summed E-state index contributed by atoms with van der Waals surface area (Å²) in [5, 5.41) is 0. The van der Waals surface area contributed by atoms with Gasteiger partial charge in [-0.15, -0.1) is 0 Å². The zero-order valence-corrected chi connectivity index (χ0v) is 18.7. The minimum Gasteiger partial charge on any atom is -0.491 e. The quantitative estimate of drug-likeness (QED) is 0.571. The van der Waals surface area contributed by atoms with Gasteiger partial charge >= 0.3 is 20.6 Å². The molecule has 2 N–H and O–H groups in total. The molecule has 1 rings (SSSR count). The van der Waals surface area contributed by atoms with Crippen molar-refractivity contribution in [1.82, 2.24) is 9.44 Å². The Bertz CT molecular complexity index is 811. The summed E-state index contributed by atoms with van der Waals surface area (Å²) in [4.78, 5) is 0. The number of nitrogens with one attached hydrogen (secondary N) is 2. The number of rotatable bonds is 10. The number of hydrogen-bond donors (Lipinski definition) is 2. The summed E-state index contributed by atoms with van der Waals surface area (Å²) >= 11 is 0. The van der Waals surface area contributed by atoms with Crippen molar-refractivity contribution in [2.45, 2.75) is 58.7 Å². The molecule has 1 aromatic rings. The standard InChI is InChI=1S/C17H30N2O7S2/c1-16(2,3)18-27(20,21)25-13-15(12-24-14-10-8-7-9-11-14)26-28(22,23)19-17(4,5)6/h7-11,15,18-19H,12-13H2,1-6H3. The molecule has 28 heavy (non-hydrogen) atoms. The molecular weight excluding hydrogens is 408 g/mol. The van der Waals surface area contributed by atoms with Crippen LogP contribution >= 0.6 is 0 Å². The smallest absolute Gasteiger partial charge is 0.336 e. The molecule has 0 heterocycles. The summed E-state index contributed by atoms with van der Waals surface area (Å²) < 4.78 is 68.6. The van der Waals surface area contributed by atoms with Gasteiger partial charge in [0, 0.05) is 11.1 Å². The lowest BCUT2D eigenvalue weighted by molar-refractivity contribution is 0.0845. The van der Waals surface area contributed by atoms with E-state index in [1.54, 1.807) is 71.9 Å². The molecule has 0 saturated carbocycles. The van der Waals surface area contributed by atoms with Gasteiger partial charge in [-0.2, -0.15) is 26.3 Å². The minimum atomic E-state index is -4.17. The maximum atomic E-state index is 12.2. The Morgan fingerprint density at radius 3 is 1.82 bits per heavy atom. The van der Waals surface area contributed by atoms with E-state index in [0.29, 0.717) is 5.75 Å². The molecule has 0 aliphatic rings. The van der Waals surface area contributed by atoms with E-state index >= 15 is 0 Å². The Morgan fingerprint density at radius 2 is 1.32 bits per heavy atom. The normalized spacial score (nSPS) is 14.6. The second kappa shape index (κ2) is 9.51. The average Bonchev–Trinajstić information content (AvgIpc) is 2.46. The first-order valence-electron chi connectivity index (χ1n) is 8.65. The Labute approximate surface area is 168 Å². The van der Waals surface area contributed by atoms with Gasteiger partial charge in [0.25, 0.3) is 0 Å². The fourth-order valence-electron chi connectivity index (χ4n) is 1.96. The van der Waals surface area contributed by atoms with Crippen LogP contribution in [0.3, 0.4) is 0 Å². The Hall–Kier alpha value is -1.24. The largest absolute Gasteiger partial charge is 0.491 e. The molecule has 0 spiro atoms. The third-order valence-corrected chi connectivity index (χ3v) is 5.41. The molecule has 0 amide bonds. The number of hydrogen-bond acceptors (Lipinski definition) is 7. The highest BCUT2D eigenvalue weighted by atomic mass is 32.2. The first-order chi connectivity index (χ1) is 12.6. The lowest BCUT2D eigenvalue weighted by atomic mass is 10.1. The van der Waals surface area contributed by atoms with Gasteiger partial charge in [-0.05, 0) is 53.7 Å². The van der Waals surface area contributed by atoms with Gasteiger partial charge in [0.1, 0.15) is 18.5 Å². The highest BCUT2D eigenvalue weighted by Crippen LogP contribution is 2.12. The predicted molar refractivity (Wildman–Crippen MR) is 106 cm³/mol. The van der Waals surface area contributed by atoms with E-state index in [0.717, 1.165) is 0 Å². The number of para-hydroxylation sites is 1. The van der Waals surface area contributed by atoms with E-state index < -0.39 is 44.4 Å². The van der Waals surface area contributed by atoms with Crippen LogP contribution in [0.15, 0.2) is 30.3 Å². The van der Waals surface area contributed by atoms with Crippen molar-refractivity contribution in [1.29, 1.82) is 0 Å². The summed E-state index contributed by atoms with van der Waals surface area (Å²) in [7, 11) is -8.28. The molecule has 11 heteroatoms. The van der Waals surface area contributed by atoms with Crippen molar-refractivity contribution >= 4 is 20.6 Å². The molecular formula is C17H30N2O7S2. The van der Waals surface area contributed by atoms with E-state index in [9.17, 15) is 16.8 Å². The first-order valence-corrected chi connectivity index (χ1v) is 11.5. The Balaban J connectivity index is 2.85. The lowest BCUT2D eigenvalue weighted by Gasteiger charge is -2.24. The third-order valence-electron chi connectivity index (χ3n) is 2.71. The fourth-order valence-corrected chi connectivity index (χ4v) is 4.37. The van der Waals surface area contributed by atoms with Gasteiger partial charge in [-0.1, -0.05) is 18.2 Å². The van der Waals surface area contributed by atoms with Crippen LogP contribution in [0.4, 0.5) is 0 Å². The number of benzene rings is 1. The summed E-state index contributed by atoms with van der Waals surface area (Å²) in [6.07, 6.45) is -1.20. The van der Waals surface area contributed by atoms with Gasteiger partial charge in [0.2, 0.25) is 0 Å². The van der Waals surface area contributed by atoms with E-state index in [-0.39, 0.29) is 6.61 Å². The fraction of sp³-hybridized carbons (Fsp3) is 0.647. The van der Waals surface area contributed by atoms with Gasteiger partial charge in [0.15, 0.2) is 0 Å². The van der Waals surface area contributed by atoms with E-state index in [1.165, 1.54) is 0 Å². The van der Waals surface area contributed by atoms with Crippen molar-refractivity contribution in [3.63, 3.8) is 0 Å². The van der Waals surface area contributed by atoms with E-state index in [1.807, 2.05) is 0 Å². The summed E-state index contributed by atoms with van der Waals surface area (Å²) in [5.74, 6) is 0.480. The van der Waals surface area contributed by atoms with Crippen molar-refractivity contribution in [2.75, 3.05) is 13.2 Å². The van der Waals surface area contributed by atoms with Crippen LogP contribution in [0.2, 0.25) is 0 Å². The molecule has 1 unspecified atom stereocenters. The van der Waals surface area contributed by atoms with Gasteiger partial charge in [-0.25, -0.2) is 4.18 Å². The summed E-state index contributed by atoms with van der Waals surface area (Å²) in [5.41, 5.74) is -1.53. The molecule has 9 nitrogen and oxygen atoms in total. The average molecular weight is 439 g/mol. The highest BCUT2D eigenvalue weighted by molar-refractivity contribution is 7.85. The molecule has 0 saturated heterocycles. The maximum Gasteiger partial charge on any atom is 0.336 e. The predicted octanol–water partition coefficient (Wildman–Crippen LogP) is 1.73. The Kier molecular flexibility index (Phi) is 8.42. The molecule has 0 aliphatic carbocycles. The van der Waals surface area contributed by atoms with Crippen LogP contribution in [-0.4, -0.2) is 47.2 Å². The maximum absolute atomic E-state index is 12.2. The zero-order valence-electron chi connectivity index (χ0n) is 17.1. The van der Waals surface area contributed by atoms with E-state index in [2.05, 4.69) is 9.44 Å². The van der Waals surface area contributed by atoms with Crippen LogP contribution < -0.4 is 14.2 Å². The monoisotopic (exact) mass is 438 g/mol. The van der Waals surface area contributed by atoms with Gasteiger partial charge in [-0.3, -0.25) is 4.18 Å².